The van der Waals surface area contributed by atoms with Crippen molar-refractivity contribution in [3.8, 4) is 6.07 Å². The van der Waals surface area contributed by atoms with E-state index in [4.69, 9.17) is 4.74 Å². The molecule has 0 atom stereocenters. The number of anilines is 1. The maximum atomic E-state index is 11.5. The Labute approximate surface area is 123 Å². The van der Waals surface area contributed by atoms with E-state index in [9.17, 15) is 10.1 Å². The van der Waals surface area contributed by atoms with Crippen LogP contribution in [0.3, 0.4) is 0 Å². The molecule has 0 aliphatic rings. The fraction of sp³-hybridized carbons (Fsp3) is 0.429. The molecule has 0 aliphatic carbocycles. The first kappa shape index (κ1) is 16.3. The lowest BCUT2D eigenvalue weighted by Crippen LogP contribution is -2.28. The minimum absolute atomic E-state index is 0.0333. The number of methoxy groups -OCH3 is 1. The highest BCUT2D eigenvalue weighted by molar-refractivity contribution is 7.98. The average molecular weight is 293 g/mol. The molecule has 0 bridgehead atoms. The van der Waals surface area contributed by atoms with Crippen LogP contribution in [0.15, 0.2) is 23.1 Å². The highest BCUT2D eigenvalue weighted by atomic mass is 32.2. The Hall–Kier alpha value is -1.71. The molecule has 0 saturated carbocycles. The summed E-state index contributed by atoms with van der Waals surface area (Å²) in [6.45, 7) is 1.51. The van der Waals surface area contributed by atoms with Crippen molar-refractivity contribution in [1.29, 1.82) is 5.26 Å². The molecule has 0 heterocycles. The molecule has 0 radical (unpaired) electrons. The fourth-order valence-electron chi connectivity index (χ4n) is 1.66. The zero-order valence-corrected chi connectivity index (χ0v) is 12.5. The van der Waals surface area contributed by atoms with Crippen LogP contribution in [0.2, 0.25) is 0 Å². The van der Waals surface area contributed by atoms with Crippen molar-refractivity contribution in [1.82, 2.24) is 5.32 Å². The van der Waals surface area contributed by atoms with Gasteiger partial charge >= 0.3 is 0 Å². The number of amides is 1. The van der Waals surface area contributed by atoms with Gasteiger partial charge in [0, 0.05) is 31.5 Å². The Balaban J connectivity index is 2.46. The number of ether oxygens (including phenoxy) is 1. The number of carbonyl (C=O) groups excluding carboxylic acids is 1. The predicted molar refractivity (Wildman–Crippen MR) is 80.9 cm³/mol. The molecule has 1 amide bonds. The lowest BCUT2D eigenvalue weighted by molar-refractivity contribution is -0.121. The van der Waals surface area contributed by atoms with E-state index in [2.05, 4.69) is 16.7 Å². The first-order chi connectivity index (χ1) is 9.72. The summed E-state index contributed by atoms with van der Waals surface area (Å²) in [7, 11) is 1.59. The first-order valence-electron chi connectivity index (χ1n) is 6.29. The van der Waals surface area contributed by atoms with Gasteiger partial charge in [0.25, 0.3) is 0 Å². The van der Waals surface area contributed by atoms with Gasteiger partial charge < -0.3 is 15.4 Å². The molecular formula is C14H19N3O2S. The summed E-state index contributed by atoms with van der Waals surface area (Å²) in [4.78, 5) is 12.4. The highest BCUT2D eigenvalue weighted by Gasteiger charge is 2.07. The molecule has 108 valence electrons. The van der Waals surface area contributed by atoms with Crippen molar-refractivity contribution in [2.24, 2.45) is 0 Å². The number of carbonyl (C=O) groups is 1. The van der Waals surface area contributed by atoms with Crippen molar-refractivity contribution in [3.63, 3.8) is 0 Å². The van der Waals surface area contributed by atoms with Crippen LogP contribution in [0.25, 0.3) is 0 Å². The molecule has 0 aliphatic heterocycles. The van der Waals surface area contributed by atoms with Gasteiger partial charge in [-0.05, 0) is 18.4 Å². The second kappa shape index (κ2) is 9.23. The second-order valence-electron chi connectivity index (χ2n) is 4.01. The number of nitrogens with zero attached hydrogens (tertiary/aromatic N) is 1. The Morgan fingerprint density at radius 3 is 2.90 bits per heavy atom. The van der Waals surface area contributed by atoms with E-state index in [1.165, 1.54) is 11.8 Å². The zero-order chi connectivity index (χ0) is 14.8. The average Bonchev–Trinajstić information content (AvgIpc) is 2.47. The van der Waals surface area contributed by atoms with Gasteiger partial charge in [0.15, 0.2) is 0 Å². The van der Waals surface area contributed by atoms with Gasteiger partial charge in [0.2, 0.25) is 5.91 Å². The lowest BCUT2D eigenvalue weighted by atomic mass is 10.2. The van der Waals surface area contributed by atoms with Crippen LogP contribution < -0.4 is 10.6 Å². The van der Waals surface area contributed by atoms with Gasteiger partial charge in [0.1, 0.15) is 6.07 Å². The van der Waals surface area contributed by atoms with Crippen LogP contribution in [0.4, 0.5) is 5.69 Å². The van der Waals surface area contributed by atoms with E-state index in [0.29, 0.717) is 31.7 Å². The van der Waals surface area contributed by atoms with Crippen molar-refractivity contribution < 1.29 is 9.53 Å². The number of benzene rings is 1. The van der Waals surface area contributed by atoms with Crippen LogP contribution >= 0.6 is 11.8 Å². The zero-order valence-electron chi connectivity index (χ0n) is 11.7. The highest BCUT2D eigenvalue weighted by Crippen LogP contribution is 2.26. The summed E-state index contributed by atoms with van der Waals surface area (Å²) >= 11 is 1.53. The van der Waals surface area contributed by atoms with Gasteiger partial charge in [-0.3, -0.25) is 4.79 Å². The molecule has 0 saturated heterocycles. The molecular weight excluding hydrogens is 274 g/mol. The summed E-state index contributed by atoms with van der Waals surface area (Å²) in [6, 6.07) is 7.85. The molecule has 6 heteroatoms. The SMILES string of the molecule is COCCNC(=O)CCNc1cccc(SC)c1C#N. The predicted octanol–water partition coefficient (Wildman–Crippen LogP) is 1.84. The Morgan fingerprint density at radius 2 is 2.25 bits per heavy atom. The molecule has 0 spiro atoms. The summed E-state index contributed by atoms with van der Waals surface area (Å²) in [6.07, 6.45) is 2.29. The molecule has 0 aromatic heterocycles. The molecule has 1 aromatic carbocycles. The number of nitriles is 1. The van der Waals surface area contributed by atoms with Crippen LogP contribution in [-0.2, 0) is 9.53 Å². The smallest absolute Gasteiger partial charge is 0.221 e. The quantitative estimate of drug-likeness (QED) is 0.565. The number of nitrogens with one attached hydrogen (secondary N) is 2. The number of hydrogen-bond acceptors (Lipinski definition) is 5. The summed E-state index contributed by atoms with van der Waals surface area (Å²) in [5.74, 6) is -0.0333. The van der Waals surface area contributed by atoms with Gasteiger partial charge in [-0.25, -0.2) is 0 Å². The Bertz CT molecular complexity index is 486. The summed E-state index contributed by atoms with van der Waals surface area (Å²) < 4.78 is 4.85. The van der Waals surface area contributed by atoms with Crippen LogP contribution in [0.5, 0.6) is 0 Å². The lowest BCUT2D eigenvalue weighted by Gasteiger charge is -2.10. The molecule has 0 unspecified atom stereocenters. The molecule has 20 heavy (non-hydrogen) atoms. The van der Waals surface area contributed by atoms with Crippen molar-refractivity contribution in [2.75, 3.05) is 38.4 Å². The van der Waals surface area contributed by atoms with Crippen LogP contribution in [0.1, 0.15) is 12.0 Å². The summed E-state index contributed by atoms with van der Waals surface area (Å²) in [5.41, 5.74) is 1.39. The number of hydrogen-bond donors (Lipinski definition) is 2. The third-order valence-electron chi connectivity index (χ3n) is 2.65. The van der Waals surface area contributed by atoms with E-state index in [1.54, 1.807) is 7.11 Å². The summed E-state index contributed by atoms with van der Waals surface area (Å²) in [5, 5.41) is 15.1. The van der Waals surface area contributed by atoms with Gasteiger partial charge in [-0.2, -0.15) is 5.26 Å². The maximum absolute atomic E-state index is 11.5. The molecule has 1 rings (SSSR count). The first-order valence-corrected chi connectivity index (χ1v) is 7.52. The topological polar surface area (TPSA) is 74.2 Å². The van der Waals surface area contributed by atoms with E-state index >= 15 is 0 Å². The minimum Gasteiger partial charge on any atom is -0.383 e. The number of thioether (sulfide) groups is 1. The molecule has 2 N–H and O–H groups in total. The van der Waals surface area contributed by atoms with E-state index in [-0.39, 0.29) is 5.91 Å². The molecule has 5 nitrogen and oxygen atoms in total. The Morgan fingerprint density at radius 1 is 1.45 bits per heavy atom. The van der Waals surface area contributed by atoms with Crippen LogP contribution in [0, 0.1) is 11.3 Å². The number of rotatable bonds is 8. The maximum Gasteiger partial charge on any atom is 0.221 e. The molecule has 0 fully saturated rings. The van der Waals surface area contributed by atoms with E-state index < -0.39 is 0 Å². The van der Waals surface area contributed by atoms with Gasteiger partial charge in [-0.15, -0.1) is 11.8 Å². The second-order valence-corrected chi connectivity index (χ2v) is 4.86. The monoisotopic (exact) mass is 293 g/mol. The van der Waals surface area contributed by atoms with Crippen molar-refractivity contribution >= 4 is 23.4 Å². The van der Waals surface area contributed by atoms with Gasteiger partial charge in [-0.1, -0.05) is 6.07 Å². The minimum atomic E-state index is -0.0333. The normalized spacial score (nSPS) is 9.85. The van der Waals surface area contributed by atoms with Gasteiger partial charge in [0.05, 0.1) is 17.9 Å². The molecule has 1 aromatic rings. The largest absolute Gasteiger partial charge is 0.383 e. The van der Waals surface area contributed by atoms with Crippen molar-refractivity contribution in [3.05, 3.63) is 23.8 Å². The Kier molecular flexibility index (Phi) is 7.55. The fourth-order valence-corrected chi connectivity index (χ4v) is 2.23. The van der Waals surface area contributed by atoms with Crippen LogP contribution in [-0.4, -0.2) is 39.0 Å². The third-order valence-corrected chi connectivity index (χ3v) is 3.43. The van der Waals surface area contributed by atoms with E-state index in [0.717, 1.165) is 10.6 Å². The third kappa shape index (κ3) is 5.11. The van der Waals surface area contributed by atoms with E-state index in [1.807, 2.05) is 24.5 Å². The van der Waals surface area contributed by atoms with Crippen molar-refractivity contribution in [2.45, 2.75) is 11.3 Å². The standard InChI is InChI=1S/C14H19N3O2S/c1-19-9-8-17-14(18)6-7-16-12-4-3-5-13(20-2)11(12)10-15/h3-5,16H,6-9H2,1-2H3,(H,17,18).